The Morgan fingerprint density at radius 3 is 2.15 bits per heavy atom. The van der Waals surface area contributed by atoms with Crippen LogP contribution < -0.4 is 10.6 Å². The summed E-state index contributed by atoms with van der Waals surface area (Å²) in [6, 6.07) is 12.3. The first kappa shape index (κ1) is 20.5. The zero-order valence-electron chi connectivity index (χ0n) is 15.3. The normalized spacial score (nSPS) is 11.8. The molecule has 0 atom stereocenters. The second kappa shape index (κ2) is 7.82. The molecular formula is C20H21F3N2O2. The Hall–Kier alpha value is -2.83. The molecule has 2 aromatic rings. The maximum Gasteiger partial charge on any atom is 0.416 e. The standard InChI is InChI=1S/C20H21F3N2O2/c1-13(26)25-17-10-14(9-16(11-17)20(21,22)23)18(27)24-12-19(2,3)15-7-5-4-6-8-15/h4-11H,12H2,1-3H3,(H,24,27)(H,25,26). The van der Waals surface area contributed by atoms with Gasteiger partial charge in [-0.25, -0.2) is 0 Å². The predicted molar refractivity (Wildman–Crippen MR) is 97.5 cm³/mol. The molecule has 27 heavy (non-hydrogen) atoms. The van der Waals surface area contributed by atoms with Gasteiger partial charge in [-0.15, -0.1) is 0 Å². The highest BCUT2D eigenvalue weighted by Gasteiger charge is 2.32. The first-order valence-corrected chi connectivity index (χ1v) is 8.33. The Kier molecular flexibility index (Phi) is 5.93. The molecule has 0 bridgehead atoms. The van der Waals surface area contributed by atoms with E-state index >= 15 is 0 Å². The summed E-state index contributed by atoms with van der Waals surface area (Å²) in [7, 11) is 0. The van der Waals surface area contributed by atoms with Crippen LogP contribution in [0.15, 0.2) is 48.5 Å². The highest BCUT2D eigenvalue weighted by molar-refractivity contribution is 5.97. The van der Waals surface area contributed by atoms with Crippen LogP contribution in [0, 0.1) is 0 Å². The summed E-state index contributed by atoms with van der Waals surface area (Å²) in [5, 5.41) is 4.97. The molecule has 2 amide bonds. The smallest absolute Gasteiger partial charge is 0.351 e. The fourth-order valence-corrected chi connectivity index (χ4v) is 2.59. The van der Waals surface area contributed by atoms with Gasteiger partial charge in [0.05, 0.1) is 5.56 Å². The summed E-state index contributed by atoms with van der Waals surface area (Å²) in [6.45, 7) is 5.28. The molecule has 0 saturated heterocycles. The lowest BCUT2D eigenvalue weighted by atomic mass is 9.84. The van der Waals surface area contributed by atoms with E-state index in [1.54, 1.807) is 0 Å². The number of rotatable bonds is 5. The highest BCUT2D eigenvalue weighted by Crippen LogP contribution is 2.32. The van der Waals surface area contributed by atoms with Crippen molar-refractivity contribution in [2.24, 2.45) is 0 Å². The van der Waals surface area contributed by atoms with Crippen LogP contribution in [0.3, 0.4) is 0 Å². The molecule has 0 radical (unpaired) electrons. The van der Waals surface area contributed by atoms with E-state index in [1.165, 1.54) is 13.0 Å². The van der Waals surface area contributed by atoms with E-state index in [0.717, 1.165) is 17.7 Å². The van der Waals surface area contributed by atoms with E-state index in [1.807, 2.05) is 44.2 Å². The second-order valence-electron chi connectivity index (χ2n) is 6.91. The first-order valence-electron chi connectivity index (χ1n) is 8.33. The topological polar surface area (TPSA) is 58.2 Å². The van der Waals surface area contributed by atoms with E-state index in [2.05, 4.69) is 10.6 Å². The maximum absolute atomic E-state index is 13.1. The molecule has 0 aliphatic carbocycles. The van der Waals surface area contributed by atoms with Crippen molar-refractivity contribution in [3.05, 3.63) is 65.2 Å². The third kappa shape index (κ3) is 5.57. The van der Waals surface area contributed by atoms with Gasteiger partial charge in [0.15, 0.2) is 0 Å². The van der Waals surface area contributed by atoms with Crippen molar-refractivity contribution in [1.82, 2.24) is 5.32 Å². The predicted octanol–water partition coefficient (Wildman–Crippen LogP) is 4.37. The van der Waals surface area contributed by atoms with E-state index in [0.29, 0.717) is 0 Å². The number of anilines is 1. The SMILES string of the molecule is CC(=O)Nc1cc(C(=O)NCC(C)(C)c2ccccc2)cc(C(F)(F)F)c1. The first-order chi connectivity index (χ1) is 12.5. The quantitative estimate of drug-likeness (QED) is 0.812. The van der Waals surface area contributed by atoms with Crippen molar-refractivity contribution in [2.45, 2.75) is 32.4 Å². The van der Waals surface area contributed by atoms with Gasteiger partial charge in [-0.1, -0.05) is 44.2 Å². The third-order valence-corrected chi connectivity index (χ3v) is 4.09. The van der Waals surface area contributed by atoms with Crippen LogP contribution in [-0.2, 0) is 16.4 Å². The molecule has 2 N–H and O–H groups in total. The largest absolute Gasteiger partial charge is 0.416 e. The summed E-state index contributed by atoms with van der Waals surface area (Å²) >= 11 is 0. The molecule has 0 spiro atoms. The second-order valence-corrected chi connectivity index (χ2v) is 6.91. The lowest BCUT2D eigenvalue weighted by Gasteiger charge is -2.25. The number of halogens is 3. The number of hydrogen-bond acceptors (Lipinski definition) is 2. The minimum atomic E-state index is -4.63. The van der Waals surface area contributed by atoms with Gasteiger partial charge in [0, 0.05) is 30.1 Å². The van der Waals surface area contributed by atoms with Gasteiger partial charge >= 0.3 is 6.18 Å². The van der Waals surface area contributed by atoms with E-state index in [-0.39, 0.29) is 17.8 Å². The third-order valence-electron chi connectivity index (χ3n) is 4.09. The van der Waals surface area contributed by atoms with Gasteiger partial charge in [-0.05, 0) is 23.8 Å². The lowest BCUT2D eigenvalue weighted by Crippen LogP contribution is -2.36. The molecule has 0 heterocycles. The molecule has 2 aromatic carbocycles. The number of benzene rings is 2. The van der Waals surface area contributed by atoms with Gasteiger partial charge in [0.1, 0.15) is 0 Å². The minimum absolute atomic E-state index is 0.0789. The maximum atomic E-state index is 13.1. The molecular weight excluding hydrogens is 357 g/mol. The van der Waals surface area contributed by atoms with Crippen molar-refractivity contribution in [3.8, 4) is 0 Å². The molecule has 0 aliphatic heterocycles. The van der Waals surface area contributed by atoms with Crippen molar-refractivity contribution in [2.75, 3.05) is 11.9 Å². The van der Waals surface area contributed by atoms with Gasteiger partial charge in [0.25, 0.3) is 5.91 Å². The van der Waals surface area contributed by atoms with Crippen molar-refractivity contribution in [3.63, 3.8) is 0 Å². The summed E-state index contributed by atoms with van der Waals surface area (Å²) in [6.07, 6.45) is -4.63. The van der Waals surface area contributed by atoms with Crippen molar-refractivity contribution in [1.29, 1.82) is 0 Å². The van der Waals surface area contributed by atoms with Crippen molar-refractivity contribution >= 4 is 17.5 Å². The summed E-state index contributed by atoms with van der Waals surface area (Å²) in [5.41, 5.74) is -0.657. The average molecular weight is 378 g/mol. The molecule has 4 nitrogen and oxygen atoms in total. The molecule has 0 aromatic heterocycles. The Bertz CT molecular complexity index is 831. The molecule has 7 heteroatoms. The van der Waals surface area contributed by atoms with Gasteiger partial charge < -0.3 is 10.6 Å². The van der Waals surface area contributed by atoms with Crippen LogP contribution in [0.2, 0.25) is 0 Å². The fraction of sp³-hybridized carbons (Fsp3) is 0.300. The van der Waals surface area contributed by atoms with E-state index in [4.69, 9.17) is 0 Å². The number of amides is 2. The molecule has 0 fully saturated rings. The number of carbonyl (C=O) groups excluding carboxylic acids is 2. The average Bonchev–Trinajstić information content (AvgIpc) is 2.59. The van der Waals surface area contributed by atoms with Crippen LogP contribution in [-0.4, -0.2) is 18.4 Å². The minimum Gasteiger partial charge on any atom is -0.351 e. The van der Waals surface area contributed by atoms with Crippen LogP contribution in [0.5, 0.6) is 0 Å². The molecule has 144 valence electrons. The van der Waals surface area contributed by atoms with Gasteiger partial charge in [0.2, 0.25) is 5.91 Å². The van der Waals surface area contributed by atoms with Gasteiger partial charge in [-0.2, -0.15) is 13.2 Å². The highest BCUT2D eigenvalue weighted by atomic mass is 19.4. The van der Waals surface area contributed by atoms with Crippen LogP contribution in [0.4, 0.5) is 18.9 Å². The van der Waals surface area contributed by atoms with Crippen LogP contribution in [0.25, 0.3) is 0 Å². The van der Waals surface area contributed by atoms with E-state index < -0.39 is 29.0 Å². The fourth-order valence-electron chi connectivity index (χ4n) is 2.59. The Labute approximate surface area is 155 Å². The summed E-state index contributed by atoms with van der Waals surface area (Å²) in [5.74, 6) is -1.16. The summed E-state index contributed by atoms with van der Waals surface area (Å²) in [4.78, 5) is 23.6. The van der Waals surface area contributed by atoms with Crippen molar-refractivity contribution < 1.29 is 22.8 Å². The number of hydrogen-bond donors (Lipinski definition) is 2. The Morgan fingerprint density at radius 2 is 1.59 bits per heavy atom. The number of alkyl halides is 3. The monoisotopic (exact) mass is 378 g/mol. The van der Waals surface area contributed by atoms with E-state index in [9.17, 15) is 22.8 Å². The Balaban J connectivity index is 2.23. The zero-order valence-corrected chi connectivity index (χ0v) is 15.3. The number of carbonyl (C=O) groups is 2. The molecule has 0 saturated carbocycles. The Morgan fingerprint density at radius 1 is 0.963 bits per heavy atom. The number of nitrogens with one attached hydrogen (secondary N) is 2. The molecule has 0 aliphatic rings. The molecule has 0 unspecified atom stereocenters. The zero-order chi connectivity index (χ0) is 20.2. The summed E-state index contributed by atoms with van der Waals surface area (Å²) < 4.78 is 39.3. The lowest BCUT2D eigenvalue weighted by molar-refractivity contribution is -0.137. The molecule has 2 rings (SSSR count). The van der Waals surface area contributed by atoms with Gasteiger partial charge in [-0.3, -0.25) is 9.59 Å². The van der Waals surface area contributed by atoms with Crippen LogP contribution >= 0.6 is 0 Å². The van der Waals surface area contributed by atoms with Crippen LogP contribution in [0.1, 0.15) is 42.3 Å².